The molecule has 13 nitrogen and oxygen atoms in total. The molecule has 248 valence electrons. The third-order valence-corrected chi connectivity index (χ3v) is 7.42. The number of hydrogen-bond donors (Lipinski definition) is 4. The quantitative estimate of drug-likeness (QED) is 0.257. The lowest BCUT2D eigenvalue weighted by Crippen LogP contribution is -2.60. The van der Waals surface area contributed by atoms with Gasteiger partial charge >= 0.3 is 12.1 Å². The molecule has 3 atom stereocenters. The molecule has 2 aromatic rings. The van der Waals surface area contributed by atoms with E-state index in [0.29, 0.717) is 36.8 Å². The van der Waals surface area contributed by atoms with Gasteiger partial charge in [0.05, 0.1) is 13.7 Å². The smallest absolute Gasteiger partial charge is 0.408 e. The number of aromatic amines is 1. The Bertz CT molecular complexity index is 1440. The first-order valence-electron chi connectivity index (χ1n) is 15.1. The Morgan fingerprint density at radius 2 is 1.82 bits per heavy atom. The number of fused-ring (bicyclic) bond motifs is 1. The van der Waals surface area contributed by atoms with Gasteiger partial charge in [-0.05, 0) is 81.0 Å². The second-order valence-electron chi connectivity index (χ2n) is 13.3. The molecule has 1 aliphatic rings. The number of nitrogens with zero attached hydrogens (tertiary/aromatic N) is 1. The maximum Gasteiger partial charge on any atom is 0.408 e. The number of likely N-dealkylation sites (tertiary alicyclic amines) is 1. The molecule has 0 spiro atoms. The summed E-state index contributed by atoms with van der Waals surface area (Å²) in [7, 11) is 1.56. The molecule has 0 aliphatic carbocycles. The molecule has 0 radical (unpaired) electrons. The monoisotopic (exact) mass is 630 g/mol. The van der Waals surface area contributed by atoms with E-state index in [4.69, 9.17) is 14.2 Å². The van der Waals surface area contributed by atoms with Crippen molar-refractivity contribution in [2.75, 3.05) is 26.9 Å². The van der Waals surface area contributed by atoms with Crippen LogP contribution in [0.1, 0.15) is 66.4 Å². The lowest BCUT2D eigenvalue weighted by Gasteiger charge is -2.35. The Kier molecular flexibility index (Phi) is 11.6. The molecule has 4 N–H and O–H groups in total. The average Bonchev–Trinajstić information content (AvgIpc) is 3.43. The van der Waals surface area contributed by atoms with Gasteiger partial charge < -0.3 is 39.8 Å². The summed E-state index contributed by atoms with van der Waals surface area (Å²) in [4.78, 5) is 67.7. The zero-order chi connectivity index (χ0) is 33.5. The molecule has 3 rings (SSSR count). The van der Waals surface area contributed by atoms with Crippen LogP contribution in [0.3, 0.4) is 0 Å². The summed E-state index contributed by atoms with van der Waals surface area (Å²) in [5.74, 6) is -1.62. The van der Waals surface area contributed by atoms with Gasteiger partial charge in [0.25, 0.3) is 5.56 Å². The van der Waals surface area contributed by atoms with Crippen molar-refractivity contribution in [1.82, 2.24) is 20.5 Å². The fraction of sp³-hybridized carbons (Fsp3) is 0.594. The molecule has 2 unspecified atom stereocenters. The molecular weight excluding hydrogens is 584 g/mol. The lowest BCUT2D eigenvalue weighted by atomic mass is 9.85. The van der Waals surface area contributed by atoms with Gasteiger partial charge in [-0.2, -0.15) is 0 Å². The van der Waals surface area contributed by atoms with Gasteiger partial charge in [0, 0.05) is 24.7 Å². The molecule has 45 heavy (non-hydrogen) atoms. The Morgan fingerprint density at radius 3 is 2.44 bits per heavy atom. The SMILES string of the molecule is COc1cc2cc[nH]c(=O)c2cc1CCCOCC(NC(=O)OC(C)(C)C)C(=O)N[C@H](C(=O)N1CCCC1C(=O)O)C(C)(C)C. The molecule has 0 bridgehead atoms. The zero-order valence-corrected chi connectivity index (χ0v) is 27.2. The number of ether oxygens (including phenoxy) is 3. The number of rotatable bonds is 12. The number of amides is 3. The summed E-state index contributed by atoms with van der Waals surface area (Å²) in [5, 5.41) is 16.2. The lowest BCUT2D eigenvalue weighted by molar-refractivity contribution is -0.150. The third kappa shape index (κ3) is 9.68. The maximum absolute atomic E-state index is 13.6. The minimum absolute atomic E-state index is 0.204. The number of aromatic nitrogens is 1. The van der Waals surface area contributed by atoms with Crippen LogP contribution in [0.5, 0.6) is 5.75 Å². The highest BCUT2D eigenvalue weighted by Crippen LogP contribution is 2.27. The van der Waals surface area contributed by atoms with E-state index < -0.39 is 53.0 Å². The standard InChI is InChI=1S/C32H46N4O9/c1-31(2,3)25(28(39)36-14-8-11-23(36)29(40)41)35-27(38)22(34-30(42)45-32(4,5)6)18-44-15-9-10-20-16-21-19(17-24(20)43-7)12-13-33-26(21)37/h12-13,16-17,22-23,25H,8-11,14-15,18H2,1-7H3,(H,33,37)(H,34,42)(H,35,38)(H,40,41)/t22?,23?,25-/m1/s1. The number of aryl methyl sites for hydroxylation is 1. The number of nitrogens with one attached hydrogen (secondary N) is 3. The highest BCUT2D eigenvalue weighted by molar-refractivity contribution is 5.93. The number of carboxylic acids is 1. The largest absolute Gasteiger partial charge is 0.496 e. The van der Waals surface area contributed by atoms with Crippen molar-refractivity contribution < 1.29 is 38.5 Å². The third-order valence-electron chi connectivity index (χ3n) is 7.42. The summed E-state index contributed by atoms with van der Waals surface area (Å²) in [6, 6.07) is 2.16. The summed E-state index contributed by atoms with van der Waals surface area (Å²) in [5.41, 5.74) is -0.974. The van der Waals surface area contributed by atoms with Crippen molar-refractivity contribution in [3.05, 3.63) is 40.3 Å². The van der Waals surface area contributed by atoms with Gasteiger partial charge in [-0.3, -0.25) is 14.4 Å². The molecule has 3 amide bonds. The van der Waals surface area contributed by atoms with E-state index >= 15 is 0 Å². The molecule has 1 aliphatic heterocycles. The van der Waals surface area contributed by atoms with Crippen LogP contribution in [-0.2, 0) is 30.3 Å². The predicted octanol–water partition coefficient (Wildman–Crippen LogP) is 2.99. The number of methoxy groups -OCH3 is 1. The Balaban J connectivity index is 1.71. The molecule has 13 heteroatoms. The predicted molar refractivity (Wildman–Crippen MR) is 167 cm³/mol. The number of carboxylic acid groups (broad SMARTS) is 1. The second kappa shape index (κ2) is 14.8. The number of pyridine rings is 1. The Morgan fingerprint density at radius 1 is 1.11 bits per heavy atom. The first-order chi connectivity index (χ1) is 21.0. The first kappa shape index (κ1) is 35.4. The summed E-state index contributed by atoms with van der Waals surface area (Å²) in [6.45, 7) is 10.6. The zero-order valence-electron chi connectivity index (χ0n) is 27.2. The van der Waals surface area contributed by atoms with Crippen LogP contribution in [-0.4, -0.2) is 89.5 Å². The summed E-state index contributed by atoms with van der Waals surface area (Å²) >= 11 is 0. The molecule has 2 heterocycles. The first-order valence-corrected chi connectivity index (χ1v) is 15.1. The van der Waals surface area contributed by atoms with Gasteiger partial charge in [0.15, 0.2) is 0 Å². The number of aliphatic carboxylic acids is 1. The maximum atomic E-state index is 13.6. The van der Waals surface area contributed by atoms with Crippen molar-refractivity contribution in [3.8, 4) is 5.75 Å². The van der Waals surface area contributed by atoms with Gasteiger partial charge in [-0.25, -0.2) is 9.59 Å². The van der Waals surface area contributed by atoms with Crippen molar-refractivity contribution >= 4 is 34.6 Å². The topological polar surface area (TPSA) is 176 Å². The van der Waals surface area contributed by atoms with Crippen molar-refractivity contribution in [3.63, 3.8) is 0 Å². The molecule has 1 saturated heterocycles. The normalized spacial score (nSPS) is 16.6. The molecule has 1 aromatic heterocycles. The minimum Gasteiger partial charge on any atom is -0.496 e. The van der Waals surface area contributed by atoms with Gasteiger partial charge in [-0.1, -0.05) is 20.8 Å². The summed E-state index contributed by atoms with van der Waals surface area (Å²) in [6.07, 6.45) is 2.67. The second-order valence-corrected chi connectivity index (χ2v) is 13.3. The van der Waals surface area contributed by atoms with Gasteiger partial charge in [0.1, 0.15) is 29.5 Å². The fourth-order valence-electron chi connectivity index (χ4n) is 5.19. The van der Waals surface area contributed by atoms with Gasteiger partial charge in [-0.15, -0.1) is 0 Å². The number of hydrogen-bond acceptors (Lipinski definition) is 8. The molecule has 1 aromatic carbocycles. The number of benzene rings is 1. The Labute approximate surface area is 263 Å². The van der Waals surface area contributed by atoms with Crippen LogP contribution in [0.15, 0.2) is 29.2 Å². The van der Waals surface area contributed by atoms with Crippen molar-refractivity contribution in [1.29, 1.82) is 0 Å². The summed E-state index contributed by atoms with van der Waals surface area (Å²) < 4.78 is 16.7. The van der Waals surface area contributed by atoms with Crippen LogP contribution >= 0.6 is 0 Å². The molecular formula is C32H46N4O9. The van der Waals surface area contributed by atoms with Crippen LogP contribution in [0.2, 0.25) is 0 Å². The molecule has 0 saturated carbocycles. The average molecular weight is 631 g/mol. The van der Waals surface area contributed by atoms with Gasteiger partial charge in [0.2, 0.25) is 11.8 Å². The minimum atomic E-state index is -1.21. The number of alkyl carbamates (subject to hydrolysis) is 1. The highest BCUT2D eigenvalue weighted by Gasteiger charge is 2.42. The van der Waals surface area contributed by atoms with E-state index in [1.54, 1.807) is 73.0 Å². The van der Waals surface area contributed by atoms with Crippen LogP contribution < -0.4 is 20.9 Å². The van der Waals surface area contributed by atoms with E-state index in [-0.39, 0.29) is 25.3 Å². The fourth-order valence-corrected chi connectivity index (χ4v) is 5.19. The van der Waals surface area contributed by atoms with E-state index in [1.807, 2.05) is 0 Å². The molecule has 1 fully saturated rings. The van der Waals surface area contributed by atoms with Crippen LogP contribution in [0.25, 0.3) is 10.8 Å². The van der Waals surface area contributed by atoms with E-state index in [1.165, 1.54) is 4.90 Å². The number of H-pyrrole nitrogens is 1. The number of carbonyl (C=O) groups is 4. The van der Waals surface area contributed by atoms with Crippen LogP contribution in [0.4, 0.5) is 4.79 Å². The van der Waals surface area contributed by atoms with Crippen molar-refractivity contribution in [2.45, 2.75) is 91.0 Å². The van der Waals surface area contributed by atoms with E-state index in [2.05, 4.69) is 15.6 Å². The van der Waals surface area contributed by atoms with E-state index in [9.17, 15) is 29.1 Å². The highest BCUT2D eigenvalue weighted by atomic mass is 16.6. The van der Waals surface area contributed by atoms with Crippen molar-refractivity contribution in [2.24, 2.45) is 5.41 Å². The Hall–Kier alpha value is -4.13. The van der Waals surface area contributed by atoms with Crippen LogP contribution in [0, 0.1) is 5.41 Å². The van der Waals surface area contributed by atoms with E-state index in [0.717, 1.165) is 10.9 Å². The number of carbonyl (C=O) groups excluding carboxylic acids is 3.